The normalized spacial score (nSPS) is 20.5. The van der Waals surface area contributed by atoms with E-state index < -0.39 is 5.97 Å². The predicted molar refractivity (Wildman–Crippen MR) is 48.0 cm³/mol. The Labute approximate surface area is 84.4 Å². The third-order valence-corrected chi connectivity index (χ3v) is 2.36. The Morgan fingerprint density at radius 3 is 3.00 bits per heavy atom. The first-order valence-electron chi connectivity index (χ1n) is 4.44. The molecule has 0 saturated carbocycles. The summed E-state index contributed by atoms with van der Waals surface area (Å²) >= 11 is 0. The van der Waals surface area contributed by atoms with Gasteiger partial charge in [0.15, 0.2) is 5.69 Å². The van der Waals surface area contributed by atoms with Crippen LogP contribution in [0.3, 0.4) is 0 Å². The van der Waals surface area contributed by atoms with Crippen LogP contribution in [-0.4, -0.2) is 44.2 Å². The molecular weight excluding hydrogens is 202 g/mol. The Morgan fingerprint density at radius 1 is 1.67 bits per heavy atom. The van der Waals surface area contributed by atoms with Gasteiger partial charge in [0.2, 0.25) is 0 Å². The van der Waals surface area contributed by atoms with Crippen molar-refractivity contribution in [2.75, 3.05) is 13.1 Å². The van der Waals surface area contributed by atoms with Crippen LogP contribution >= 0.6 is 0 Å². The lowest BCUT2D eigenvalue weighted by atomic mass is 10.3. The zero-order chi connectivity index (χ0) is 10.8. The fraction of sp³-hybridized carbons (Fsp3) is 0.571. The summed E-state index contributed by atoms with van der Waals surface area (Å²) in [4.78, 5) is 20.8. The highest BCUT2D eigenvalue weighted by Gasteiger charge is 2.25. The first-order valence-corrected chi connectivity index (χ1v) is 4.44. The maximum atomic E-state index is 10.6. The fourth-order valence-corrected chi connectivity index (χ4v) is 1.57. The molecule has 0 spiro atoms. The van der Waals surface area contributed by atoms with Crippen LogP contribution in [0.1, 0.15) is 23.0 Å². The molecule has 1 aromatic rings. The summed E-state index contributed by atoms with van der Waals surface area (Å²) in [5.74, 6) is -1.11. The molecule has 1 atom stereocenters. The molecule has 2 heterocycles. The predicted octanol–water partition coefficient (Wildman–Crippen LogP) is -0.0955. The monoisotopic (exact) mass is 211 g/mol. The fourth-order valence-electron chi connectivity index (χ4n) is 1.57. The highest BCUT2D eigenvalue weighted by molar-refractivity contribution is 5.84. The second-order valence-corrected chi connectivity index (χ2v) is 3.33. The number of carboxylic acids is 1. The van der Waals surface area contributed by atoms with Crippen LogP contribution in [0.15, 0.2) is 11.5 Å². The summed E-state index contributed by atoms with van der Waals surface area (Å²) in [5, 5.41) is 20.0. The maximum Gasteiger partial charge on any atom is 0.358 e. The second-order valence-electron chi connectivity index (χ2n) is 3.33. The summed E-state index contributed by atoms with van der Waals surface area (Å²) < 4.78 is 1.47. The molecular formula is C7H9N5O3. The first kappa shape index (κ1) is 9.56. The smallest absolute Gasteiger partial charge is 0.358 e. The average molecular weight is 211 g/mol. The van der Waals surface area contributed by atoms with E-state index >= 15 is 0 Å². The quantitative estimate of drug-likeness (QED) is 0.701. The van der Waals surface area contributed by atoms with Crippen LogP contribution < -0.4 is 0 Å². The van der Waals surface area contributed by atoms with Crippen molar-refractivity contribution in [1.29, 1.82) is 0 Å². The van der Waals surface area contributed by atoms with Crippen molar-refractivity contribution < 1.29 is 9.90 Å². The van der Waals surface area contributed by atoms with Gasteiger partial charge in [-0.1, -0.05) is 5.21 Å². The molecule has 0 aliphatic carbocycles. The van der Waals surface area contributed by atoms with E-state index in [1.54, 1.807) is 0 Å². The van der Waals surface area contributed by atoms with E-state index in [0.29, 0.717) is 19.5 Å². The molecule has 1 saturated heterocycles. The van der Waals surface area contributed by atoms with Gasteiger partial charge in [0.1, 0.15) is 0 Å². The van der Waals surface area contributed by atoms with Crippen LogP contribution in [0.5, 0.6) is 0 Å². The van der Waals surface area contributed by atoms with Gasteiger partial charge in [-0.2, -0.15) is 0 Å². The lowest BCUT2D eigenvalue weighted by Gasteiger charge is -2.08. The van der Waals surface area contributed by atoms with Crippen LogP contribution in [0, 0.1) is 4.91 Å². The molecule has 2 rings (SSSR count). The summed E-state index contributed by atoms with van der Waals surface area (Å²) in [6.07, 6.45) is 2.08. The number of nitrogens with zero attached hydrogens (tertiary/aromatic N) is 5. The number of carbonyl (C=O) groups is 1. The molecule has 15 heavy (non-hydrogen) atoms. The number of rotatable bonds is 3. The molecule has 1 aliphatic heterocycles. The molecule has 1 N–H and O–H groups in total. The third kappa shape index (κ3) is 1.78. The van der Waals surface area contributed by atoms with E-state index in [4.69, 9.17) is 5.11 Å². The van der Waals surface area contributed by atoms with E-state index in [2.05, 4.69) is 15.6 Å². The van der Waals surface area contributed by atoms with E-state index in [1.165, 1.54) is 15.9 Å². The van der Waals surface area contributed by atoms with Gasteiger partial charge in [-0.3, -0.25) is 5.01 Å². The molecule has 0 aromatic carbocycles. The lowest BCUT2D eigenvalue weighted by molar-refractivity contribution is 0.0690. The molecule has 1 unspecified atom stereocenters. The molecule has 80 valence electrons. The van der Waals surface area contributed by atoms with E-state index in [9.17, 15) is 9.70 Å². The SMILES string of the molecule is O=NN1CCC(n2cc(C(=O)O)nn2)C1. The summed E-state index contributed by atoms with van der Waals surface area (Å²) in [7, 11) is 0. The van der Waals surface area contributed by atoms with Crippen molar-refractivity contribution in [3.63, 3.8) is 0 Å². The zero-order valence-electron chi connectivity index (χ0n) is 7.78. The van der Waals surface area contributed by atoms with Crippen molar-refractivity contribution in [1.82, 2.24) is 20.0 Å². The maximum absolute atomic E-state index is 10.6. The van der Waals surface area contributed by atoms with Gasteiger partial charge in [0.25, 0.3) is 0 Å². The third-order valence-electron chi connectivity index (χ3n) is 2.36. The second kappa shape index (κ2) is 3.64. The van der Waals surface area contributed by atoms with Crippen molar-refractivity contribution in [3.05, 3.63) is 16.8 Å². The standard InChI is InChI=1S/C7H9N5O3/c13-7(14)6-4-12(9-8-6)5-1-2-11(3-5)10-15/h4-5H,1-3H2,(H,13,14). The van der Waals surface area contributed by atoms with Gasteiger partial charge in [0, 0.05) is 6.54 Å². The van der Waals surface area contributed by atoms with Crippen molar-refractivity contribution in [2.45, 2.75) is 12.5 Å². The summed E-state index contributed by atoms with van der Waals surface area (Å²) in [6.45, 7) is 1.02. The molecule has 0 amide bonds. The van der Waals surface area contributed by atoms with E-state index in [-0.39, 0.29) is 11.7 Å². The Morgan fingerprint density at radius 2 is 2.47 bits per heavy atom. The number of aromatic nitrogens is 3. The van der Waals surface area contributed by atoms with Crippen molar-refractivity contribution >= 4 is 5.97 Å². The molecule has 0 bridgehead atoms. The van der Waals surface area contributed by atoms with Gasteiger partial charge in [-0.05, 0) is 6.42 Å². The minimum atomic E-state index is -1.11. The molecule has 1 fully saturated rings. The number of aromatic carboxylic acids is 1. The van der Waals surface area contributed by atoms with Gasteiger partial charge >= 0.3 is 5.97 Å². The van der Waals surface area contributed by atoms with E-state index in [0.717, 1.165) is 0 Å². The first-order chi connectivity index (χ1) is 7.20. The van der Waals surface area contributed by atoms with Crippen LogP contribution in [0.4, 0.5) is 0 Å². The highest BCUT2D eigenvalue weighted by Crippen LogP contribution is 2.20. The van der Waals surface area contributed by atoms with Crippen molar-refractivity contribution in [3.8, 4) is 0 Å². The Balaban J connectivity index is 2.10. The minimum absolute atomic E-state index is 0.0247. The van der Waals surface area contributed by atoms with Gasteiger partial charge in [-0.25, -0.2) is 9.48 Å². The zero-order valence-corrected chi connectivity index (χ0v) is 7.78. The molecule has 8 nitrogen and oxygen atoms in total. The van der Waals surface area contributed by atoms with Crippen molar-refractivity contribution in [2.24, 2.45) is 5.29 Å². The molecule has 0 radical (unpaired) electrons. The number of carboxylic acid groups (broad SMARTS) is 1. The van der Waals surface area contributed by atoms with Gasteiger partial charge in [0.05, 0.1) is 24.1 Å². The minimum Gasteiger partial charge on any atom is -0.476 e. The van der Waals surface area contributed by atoms with Crippen LogP contribution in [0.2, 0.25) is 0 Å². The van der Waals surface area contributed by atoms with Gasteiger partial charge in [-0.15, -0.1) is 10.0 Å². The van der Waals surface area contributed by atoms with E-state index in [1.807, 2.05) is 0 Å². The number of hydrogen-bond donors (Lipinski definition) is 1. The number of nitroso groups, excluding NO2 is 1. The Hall–Kier alpha value is -1.99. The number of hydrogen-bond acceptors (Lipinski definition) is 5. The summed E-state index contributed by atoms with van der Waals surface area (Å²) in [6, 6.07) is -0.0247. The summed E-state index contributed by atoms with van der Waals surface area (Å²) in [5.41, 5.74) is -0.0903. The molecule has 1 aliphatic rings. The lowest BCUT2D eigenvalue weighted by Crippen LogP contribution is -2.15. The topological polar surface area (TPSA) is 101 Å². The Bertz CT molecular complexity index is 390. The molecule has 8 heteroatoms. The van der Waals surface area contributed by atoms with Crippen LogP contribution in [-0.2, 0) is 0 Å². The van der Waals surface area contributed by atoms with Crippen LogP contribution in [0.25, 0.3) is 0 Å². The largest absolute Gasteiger partial charge is 0.476 e. The van der Waals surface area contributed by atoms with Gasteiger partial charge < -0.3 is 5.11 Å². The highest BCUT2D eigenvalue weighted by atomic mass is 16.4. The Kier molecular flexibility index (Phi) is 2.32. The molecule has 1 aromatic heterocycles. The average Bonchev–Trinajstić information content (AvgIpc) is 2.86.